The summed E-state index contributed by atoms with van der Waals surface area (Å²) in [4.78, 5) is 9.47. The summed E-state index contributed by atoms with van der Waals surface area (Å²) in [6.07, 6.45) is 2.50. The Bertz CT molecular complexity index is 610. The van der Waals surface area contributed by atoms with Gasteiger partial charge < -0.3 is 15.5 Å². The molecule has 106 valence electrons. The van der Waals surface area contributed by atoms with Crippen LogP contribution in [0.25, 0.3) is 10.9 Å². The van der Waals surface area contributed by atoms with Crippen LogP contribution in [0.4, 0.5) is 11.5 Å². The average molecular weight is 270 g/mol. The van der Waals surface area contributed by atoms with E-state index in [1.807, 2.05) is 18.2 Å². The van der Waals surface area contributed by atoms with E-state index >= 15 is 0 Å². The van der Waals surface area contributed by atoms with Gasteiger partial charge in [0.05, 0.1) is 5.52 Å². The summed E-state index contributed by atoms with van der Waals surface area (Å²) in [7, 11) is 4.34. The number of hydrogen-bond acceptors (Lipinski definition) is 4. The fourth-order valence-corrected chi connectivity index (χ4v) is 2.97. The quantitative estimate of drug-likeness (QED) is 0.851. The molecule has 2 heterocycles. The third kappa shape index (κ3) is 2.56. The molecule has 2 aromatic rings. The number of hydrogen-bond donors (Lipinski definition) is 1. The molecular formula is C16H22N4. The van der Waals surface area contributed by atoms with Crippen LogP contribution in [0, 0.1) is 0 Å². The van der Waals surface area contributed by atoms with Gasteiger partial charge in [-0.3, -0.25) is 0 Å². The number of nitrogens with zero attached hydrogens (tertiary/aromatic N) is 3. The van der Waals surface area contributed by atoms with E-state index in [0.717, 1.165) is 29.0 Å². The number of fused-ring (bicyclic) bond motifs is 1. The van der Waals surface area contributed by atoms with Crippen LogP contribution in [0.5, 0.6) is 0 Å². The van der Waals surface area contributed by atoms with Crippen LogP contribution in [0.2, 0.25) is 0 Å². The van der Waals surface area contributed by atoms with E-state index in [4.69, 9.17) is 10.7 Å². The zero-order valence-corrected chi connectivity index (χ0v) is 12.2. The van der Waals surface area contributed by atoms with Crippen LogP contribution < -0.4 is 10.6 Å². The zero-order valence-electron chi connectivity index (χ0n) is 12.2. The van der Waals surface area contributed by atoms with Crippen LogP contribution in [0.1, 0.15) is 12.8 Å². The molecule has 1 fully saturated rings. The molecule has 3 rings (SSSR count). The van der Waals surface area contributed by atoms with Crippen molar-refractivity contribution in [2.45, 2.75) is 18.9 Å². The number of aromatic nitrogens is 1. The molecule has 0 spiro atoms. The van der Waals surface area contributed by atoms with E-state index in [1.54, 1.807) is 0 Å². The monoisotopic (exact) mass is 270 g/mol. The molecule has 2 N–H and O–H groups in total. The Balaban J connectivity index is 1.87. The molecule has 1 aliphatic heterocycles. The minimum Gasteiger partial charge on any atom is -0.399 e. The minimum absolute atomic E-state index is 0.549. The Morgan fingerprint density at radius 2 is 2.15 bits per heavy atom. The smallest absolute Gasteiger partial charge is 0.129 e. The molecule has 20 heavy (non-hydrogen) atoms. The van der Waals surface area contributed by atoms with Crippen molar-refractivity contribution < 1.29 is 0 Å². The molecule has 0 radical (unpaired) electrons. The largest absolute Gasteiger partial charge is 0.399 e. The highest BCUT2D eigenvalue weighted by Gasteiger charge is 2.22. The third-order valence-corrected chi connectivity index (χ3v) is 4.21. The predicted molar refractivity (Wildman–Crippen MR) is 85.1 cm³/mol. The Labute approximate surface area is 120 Å². The van der Waals surface area contributed by atoms with Gasteiger partial charge in [0.15, 0.2) is 0 Å². The number of benzene rings is 1. The molecule has 1 saturated heterocycles. The first kappa shape index (κ1) is 13.2. The number of rotatable bonds is 2. The van der Waals surface area contributed by atoms with Crippen molar-refractivity contribution in [3.8, 4) is 0 Å². The molecule has 1 aliphatic rings. The van der Waals surface area contributed by atoms with Gasteiger partial charge in [-0.25, -0.2) is 4.98 Å². The maximum absolute atomic E-state index is 5.81. The Kier molecular flexibility index (Phi) is 3.49. The summed E-state index contributed by atoms with van der Waals surface area (Å²) in [5, 5.41) is 1.10. The van der Waals surface area contributed by atoms with Gasteiger partial charge in [0.2, 0.25) is 0 Å². The van der Waals surface area contributed by atoms with Crippen LogP contribution >= 0.6 is 0 Å². The van der Waals surface area contributed by atoms with Crippen molar-refractivity contribution >= 4 is 22.4 Å². The van der Waals surface area contributed by atoms with Crippen molar-refractivity contribution in [3.05, 3.63) is 30.3 Å². The fourth-order valence-electron chi connectivity index (χ4n) is 2.97. The molecule has 0 aliphatic carbocycles. The lowest BCUT2D eigenvalue weighted by molar-refractivity contribution is 0.247. The molecule has 1 atom stereocenters. The van der Waals surface area contributed by atoms with Gasteiger partial charge >= 0.3 is 0 Å². The van der Waals surface area contributed by atoms with Gasteiger partial charge in [-0.05, 0) is 56.8 Å². The third-order valence-electron chi connectivity index (χ3n) is 4.21. The molecular weight excluding hydrogens is 248 g/mol. The maximum atomic E-state index is 5.81. The molecule has 1 aromatic heterocycles. The number of anilines is 2. The van der Waals surface area contributed by atoms with Gasteiger partial charge in [-0.15, -0.1) is 0 Å². The van der Waals surface area contributed by atoms with E-state index in [9.17, 15) is 0 Å². The number of nitrogen functional groups attached to an aromatic ring is 1. The Morgan fingerprint density at radius 1 is 1.30 bits per heavy atom. The average Bonchev–Trinajstić information content (AvgIpc) is 2.46. The Hall–Kier alpha value is -1.81. The van der Waals surface area contributed by atoms with Crippen molar-refractivity contribution in [2.75, 3.05) is 37.8 Å². The van der Waals surface area contributed by atoms with E-state index < -0.39 is 0 Å². The summed E-state index contributed by atoms with van der Waals surface area (Å²) < 4.78 is 0. The fraction of sp³-hybridized carbons (Fsp3) is 0.438. The molecule has 1 aromatic carbocycles. The van der Waals surface area contributed by atoms with Crippen molar-refractivity contribution in [2.24, 2.45) is 0 Å². The second-order valence-corrected chi connectivity index (χ2v) is 5.79. The van der Waals surface area contributed by atoms with Crippen molar-refractivity contribution in [1.82, 2.24) is 9.88 Å². The minimum atomic E-state index is 0.549. The summed E-state index contributed by atoms with van der Waals surface area (Å²) in [6.45, 7) is 2.31. The lowest BCUT2D eigenvalue weighted by Crippen LogP contribution is -2.45. The normalized spacial score (nSPS) is 20.2. The van der Waals surface area contributed by atoms with Crippen molar-refractivity contribution in [1.29, 1.82) is 0 Å². The van der Waals surface area contributed by atoms with Crippen LogP contribution in [0.15, 0.2) is 30.3 Å². The number of piperidine rings is 1. The lowest BCUT2D eigenvalue weighted by atomic mass is 10.0. The van der Waals surface area contributed by atoms with Crippen LogP contribution in [-0.4, -0.2) is 43.1 Å². The zero-order chi connectivity index (χ0) is 14.1. The second-order valence-electron chi connectivity index (χ2n) is 5.79. The van der Waals surface area contributed by atoms with Gasteiger partial charge in [-0.1, -0.05) is 0 Å². The molecule has 0 bridgehead atoms. The molecule has 0 saturated carbocycles. The first-order chi connectivity index (χ1) is 9.63. The maximum Gasteiger partial charge on any atom is 0.129 e. The SMILES string of the molecule is CN1CCCC(N(C)c2ccc3cc(N)ccc3n2)C1. The van der Waals surface area contributed by atoms with E-state index in [1.165, 1.54) is 19.4 Å². The Morgan fingerprint density at radius 3 is 2.95 bits per heavy atom. The van der Waals surface area contributed by atoms with Gasteiger partial charge in [-0.2, -0.15) is 0 Å². The summed E-state index contributed by atoms with van der Waals surface area (Å²) >= 11 is 0. The standard InChI is InChI=1S/C16H22N4/c1-19-9-3-4-14(11-19)20(2)16-8-5-12-10-13(17)6-7-15(12)18-16/h5-8,10,14H,3-4,9,11,17H2,1-2H3. The van der Waals surface area contributed by atoms with Gasteiger partial charge in [0.1, 0.15) is 5.82 Å². The van der Waals surface area contributed by atoms with E-state index in [0.29, 0.717) is 6.04 Å². The highest BCUT2D eigenvalue weighted by molar-refractivity contribution is 5.83. The van der Waals surface area contributed by atoms with E-state index in [2.05, 4.69) is 36.0 Å². The lowest BCUT2D eigenvalue weighted by Gasteiger charge is -2.36. The molecule has 0 amide bonds. The highest BCUT2D eigenvalue weighted by Crippen LogP contribution is 2.23. The number of pyridine rings is 1. The molecule has 4 heteroatoms. The van der Waals surface area contributed by atoms with Crippen molar-refractivity contribution in [3.63, 3.8) is 0 Å². The number of nitrogens with two attached hydrogens (primary N) is 1. The highest BCUT2D eigenvalue weighted by atomic mass is 15.2. The topological polar surface area (TPSA) is 45.4 Å². The number of likely N-dealkylation sites (N-methyl/N-ethyl adjacent to an activating group) is 2. The summed E-state index contributed by atoms with van der Waals surface area (Å²) in [5.74, 6) is 1.04. The number of likely N-dealkylation sites (tertiary alicyclic amines) is 1. The summed E-state index contributed by atoms with van der Waals surface area (Å²) in [5.41, 5.74) is 7.60. The molecule has 1 unspecified atom stereocenters. The van der Waals surface area contributed by atoms with Crippen LogP contribution in [-0.2, 0) is 0 Å². The van der Waals surface area contributed by atoms with E-state index in [-0.39, 0.29) is 0 Å². The molecule has 4 nitrogen and oxygen atoms in total. The van der Waals surface area contributed by atoms with Gasteiger partial charge in [0, 0.05) is 30.7 Å². The summed E-state index contributed by atoms with van der Waals surface area (Å²) in [6, 6.07) is 10.6. The second kappa shape index (κ2) is 5.29. The van der Waals surface area contributed by atoms with Crippen LogP contribution in [0.3, 0.4) is 0 Å². The first-order valence-electron chi connectivity index (χ1n) is 7.21. The first-order valence-corrected chi connectivity index (χ1v) is 7.21. The van der Waals surface area contributed by atoms with Gasteiger partial charge in [0.25, 0.3) is 0 Å². The predicted octanol–water partition coefficient (Wildman–Crippen LogP) is 2.35.